The molecule has 1 aliphatic rings. The number of ether oxygens (including phenoxy) is 2. The Morgan fingerprint density at radius 1 is 1.15 bits per heavy atom. The monoisotopic (exact) mass is 469 g/mol. The third-order valence-corrected chi connectivity index (χ3v) is 6.80. The highest BCUT2D eigenvalue weighted by Crippen LogP contribution is 2.34. The fourth-order valence-electron chi connectivity index (χ4n) is 3.86. The van der Waals surface area contributed by atoms with E-state index in [1.54, 1.807) is 18.0 Å². The number of aromatic nitrogens is 7. The highest BCUT2D eigenvalue weighted by Gasteiger charge is 2.44. The van der Waals surface area contributed by atoms with Crippen molar-refractivity contribution in [3.8, 4) is 17.1 Å². The molecule has 2 N–H and O–H groups in total. The molecule has 1 aromatic carbocycles. The average Bonchev–Trinajstić information content (AvgIpc) is 3.50. The maximum atomic E-state index is 10.7. The van der Waals surface area contributed by atoms with Gasteiger partial charge in [-0.3, -0.25) is 4.57 Å². The molecule has 0 spiro atoms. The van der Waals surface area contributed by atoms with Crippen LogP contribution in [0, 0.1) is 6.92 Å². The van der Waals surface area contributed by atoms with Crippen LogP contribution in [0.15, 0.2) is 42.1 Å². The summed E-state index contributed by atoms with van der Waals surface area (Å²) in [5.41, 5.74) is 2.79. The van der Waals surface area contributed by atoms with Crippen LogP contribution >= 0.6 is 11.8 Å². The van der Waals surface area contributed by atoms with Gasteiger partial charge in [-0.1, -0.05) is 23.9 Å². The summed E-state index contributed by atoms with van der Waals surface area (Å²) in [5.74, 6) is 1.81. The van der Waals surface area contributed by atoms with Gasteiger partial charge in [-0.05, 0) is 19.1 Å². The summed E-state index contributed by atoms with van der Waals surface area (Å²) >= 11 is 1.39. The molecule has 4 heterocycles. The lowest BCUT2D eigenvalue weighted by Crippen LogP contribution is -2.32. The zero-order chi connectivity index (χ0) is 23.1. The van der Waals surface area contributed by atoms with Gasteiger partial charge in [0.25, 0.3) is 0 Å². The van der Waals surface area contributed by atoms with Gasteiger partial charge in [-0.2, -0.15) is 0 Å². The number of aliphatic hydroxyl groups is 2. The Labute approximate surface area is 193 Å². The normalized spacial score (nSPS) is 22.8. The van der Waals surface area contributed by atoms with E-state index < -0.39 is 24.5 Å². The molecule has 0 aliphatic carbocycles. The molecule has 33 heavy (non-hydrogen) atoms. The van der Waals surface area contributed by atoms with Crippen LogP contribution in [-0.4, -0.2) is 75.7 Å². The number of hydrogen-bond acceptors (Lipinski definition) is 10. The maximum absolute atomic E-state index is 10.7. The molecule has 0 amide bonds. The van der Waals surface area contributed by atoms with Crippen molar-refractivity contribution < 1.29 is 19.7 Å². The third-order valence-electron chi connectivity index (χ3n) is 5.69. The highest BCUT2D eigenvalue weighted by molar-refractivity contribution is 7.99. The van der Waals surface area contributed by atoms with E-state index >= 15 is 0 Å². The number of thioether (sulfide) groups is 1. The van der Waals surface area contributed by atoms with Crippen LogP contribution in [-0.2, 0) is 11.8 Å². The van der Waals surface area contributed by atoms with Gasteiger partial charge < -0.3 is 24.3 Å². The molecule has 0 unspecified atom stereocenters. The van der Waals surface area contributed by atoms with Gasteiger partial charge in [0.15, 0.2) is 22.9 Å². The van der Waals surface area contributed by atoms with Crippen LogP contribution in [0.1, 0.15) is 11.9 Å². The van der Waals surface area contributed by atoms with Crippen molar-refractivity contribution in [1.82, 2.24) is 34.3 Å². The van der Waals surface area contributed by atoms with E-state index in [-0.39, 0.29) is 0 Å². The molecule has 4 atom stereocenters. The molecule has 0 bridgehead atoms. The van der Waals surface area contributed by atoms with Crippen molar-refractivity contribution in [3.63, 3.8) is 0 Å². The number of rotatable bonds is 6. The number of imidazole rings is 1. The van der Waals surface area contributed by atoms with Gasteiger partial charge in [0.2, 0.25) is 0 Å². The van der Waals surface area contributed by atoms with Gasteiger partial charge in [0.1, 0.15) is 29.8 Å². The van der Waals surface area contributed by atoms with Gasteiger partial charge >= 0.3 is 0 Å². The number of aliphatic hydroxyl groups excluding tert-OH is 2. The Morgan fingerprint density at radius 2 is 2.00 bits per heavy atom. The van der Waals surface area contributed by atoms with E-state index in [1.165, 1.54) is 18.1 Å². The minimum Gasteiger partial charge on any atom is -0.497 e. The Kier molecular flexibility index (Phi) is 5.74. The van der Waals surface area contributed by atoms with E-state index in [2.05, 4.69) is 25.1 Å². The van der Waals surface area contributed by atoms with Crippen LogP contribution in [0.2, 0.25) is 0 Å². The van der Waals surface area contributed by atoms with Crippen molar-refractivity contribution in [1.29, 1.82) is 0 Å². The lowest BCUT2D eigenvalue weighted by molar-refractivity contribution is -0.0289. The molecule has 3 aromatic heterocycles. The summed E-state index contributed by atoms with van der Waals surface area (Å²) in [7, 11) is 3.49. The summed E-state index contributed by atoms with van der Waals surface area (Å²) in [4.78, 5) is 12.7. The zero-order valence-corrected chi connectivity index (χ0v) is 19.0. The highest BCUT2D eigenvalue weighted by atomic mass is 32.2. The number of aryl methyl sites for hydroxylation is 1. The molecule has 5 rings (SSSR count). The molecule has 1 saturated heterocycles. The topological polar surface area (TPSA) is 133 Å². The molecular formula is C21H23N7O4S. The molecule has 0 radical (unpaired) electrons. The number of hydrogen-bond donors (Lipinski definition) is 2. The second-order valence-electron chi connectivity index (χ2n) is 7.74. The molecule has 0 saturated carbocycles. The third kappa shape index (κ3) is 3.84. The van der Waals surface area contributed by atoms with Crippen LogP contribution in [0.25, 0.3) is 22.6 Å². The van der Waals surface area contributed by atoms with Gasteiger partial charge in [-0.25, -0.2) is 15.0 Å². The molecule has 1 aliphatic heterocycles. The predicted octanol–water partition coefficient (Wildman–Crippen LogP) is 1.35. The Bertz CT molecular complexity index is 1290. The Hall–Kier alpha value is -3.06. The quantitative estimate of drug-likeness (QED) is 0.399. The van der Waals surface area contributed by atoms with Gasteiger partial charge in [-0.15, -0.1) is 10.2 Å². The first-order valence-corrected chi connectivity index (χ1v) is 11.3. The minimum atomic E-state index is -1.13. The Morgan fingerprint density at radius 3 is 2.82 bits per heavy atom. The van der Waals surface area contributed by atoms with Crippen molar-refractivity contribution in [2.24, 2.45) is 7.05 Å². The number of methoxy groups -OCH3 is 1. The molecule has 172 valence electrons. The van der Waals surface area contributed by atoms with E-state index in [1.807, 2.05) is 42.8 Å². The van der Waals surface area contributed by atoms with E-state index in [4.69, 9.17) is 9.47 Å². The van der Waals surface area contributed by atoms with Crippen LogP contribution in [0.3, 0.4) is 0 Å². The smallest absolute Gasteiger partial charge is 0.191 e. The summed E-state index contributed by atoms with van der Waals surface area (Å²) in [6, 6.07) is 7.59. The number of benzene rings is 1. The summed E-state index contributed by atoms with van der Waals surface area (Å²) in [5, 5.41) is 30.5. The van der Waals surface area contributed by atoms with Crippen LogP contribution in [0.4, 0.5) is 0 Å². The molecule has 11 nitrogen and oxygen atoms in total. The molecule has 12 heteroatoms. The molecule has 4 aromatic rings. The van der Waals surface area contributed by atoms with E-state index in [0.717, 1.165) is 17.0 Å². The van der Waals surface area contributed by atoms with Crippen molar-refractivity contribution in [2.75, 3.05) is 12.9 Å². The summed E-state index contributed by atoms with van der Waals surface area (Å²) in [6.45, 7) is 1.84. The maximum Gasteiger partial charge on any atom is 0.191 e. The van der Waals surface area contributed by atoms with Crippen molar-refractivity contribution >= 4 is 22.9 Å². The predicted molar refractivity (Wildman–Crippen MR) is 120 cm³/mol. The van der Waals surface area contributed by atoms with Crippen molar-refractivity contribution in [3.05, 3.63) is 42.6 Å². The second-order valence-corrected chi connectivity index (χ2v) is 8.72. The van der Waals surface area contributed by atoms with Gasteiger partial charge in [0, 0.05) is 18.4 Å². The van der Waals surface area contributed by atoms with E-state index in [0.29, 0.717) is 27.9 Å². The molecular weight excluding hydrogens is 446 g/mol. The standard InChI is InChI=1S/C21H23N7O4S/c1-11-15-19(23-9-22-11)28(10-24-15)20-17(30)16(29)14(32-20)8-33-21-26-25-18(27(21)2)12-5-4-6-13(7-12)31-3/h4-7,9-10,14,16-17,20,29-30H,8H2,1-3H3/t14-,16-,17-,20-/m1/s1. The van der Waals surface area contributed by atoms with Crippen LogP contribution < -0.4 is 4.74 Å². The lowest BCUT2D eigenvalue weighted by atomic mass is 10.1. The van der Waals surface area contributed by atoms with Crippen molar-refractivity contribution in [2.45, 2.75) is 36.6 Å². The first-order valence-electron chi connectivity index (χ1n) is 10.3. The fraction of sp³-hybridized carbons (Fsp3) is 0.381. The first-order chi connectivity index (χ1) is 16.0. The summed E-state index contributed by atoms with van der Waals surface area (Å²) < 4.78 is 14.8. The Balaban J connectivity index is 1.31. The first kappa shape index (κ1) is 21.8. The fourth-order valence-corrected chi connectivity index (χ4v) is 4.83. The second kappa shape index (κ2) is 8.71. The van der Waals surface area contributed by atoms with Gasteiger partial charge in [0.05, 0.1) is 25.2 Å². The number of fused-ring (bicyclic) bond motifs is 1. The zero-order valence-electron chi connectivity index (χ0n) is 18.2. The van der Waals surface area contributed by atoms with Crippen LogP contribution in [0.5, 0.6) is 5.75 Å². The summed E-state index contributed by atoms with van der Waals surface area (Å²) in [6.07, 6.45) is -0.645. The number of nitrogens with zero attached hydrogens (tertiary/aromatic N) is 7. The SMILES string of the molecule is COc1cccc(-c2nnc(SC[C@H]3O[C@@H](n4cnc5c(C)ncnc54)[C@H](O)[C@@H]3O)n2C)c1. The largest absolute Gasteiger partial charge is 0.497 e. The minimum absolute atomic E-state index is 0.374. The van der Waals surface area contributed by atoms with E-state index in [9.17, 15) is 10.2 Å². The lowest BCUT2D eigenvalue weighted by Gasteiger charge is -2.16. The molecule has 1 fully saturated rings. The average molecular weight is 470 g/mol.